The molecule has 2 N–H and O–H groups in total. The predicted octanol–water partition coefficient (Wildman–Crippen LogP) is 4.70. The molecule has 0 bridgehead atoms. The molecule has 0 unspecified atom stereocenters. The van der Waals surface area contributed by atoms with Gasteiger partial charge in [0.15, 0.2) is 0 Å². The van der Waals surface area contributed by atoms with E-state index >= 15 is 0 Å². The number of hydrogen-bond acceptors (Lipinski definition) is 7. The van der Waals surface area contributed by atoms with Crippen LogP contribution >= 0.6 is 0 Å². The highest BCUT2D eigenvalue weighted by Crippen LogP contribution is 2.25. The number of hydrogen-bond donors (Lipinski definition) is 2. The van der Waals surface area contributed by atoms with Gasteiger partial charge in [-0.2, -0.15) is 4.98 Å². The van der Waals surface area contributed by atoms with Gasteiger partial charge in [-0.1, -0.05) is 0 Å². The molecule has 0 saturated carbocycles. The lowest BCUT2D eigenvalue weighted by molar-refractivity contribution is -0.274. The van der Waals surface area contributed by atoms with E-state index in [-0.39, 0.29) is 5.75 Å². The predicted molar refractivity (Wildman–Crippen MR) is 111 cm³/mol. The minimum Gasteiger partial charge on any atom is -0.406 e. The van der Waals surface area contributed by atoms with Crippen molar-refractivity contribution in [3.63, 3.8) is 0 Å². The molecular weight excluding hydrogens is 411 g/mol. The molecule has 2 heterocycles. The highest BCUT2D eigenvalue weighted by molar-refractivity contribution is 5.62. The average molecular weight is 431 g/mol. The summed E-state index contributed by atoms with van der Waals surface area (Å²) >= 11 is 0. The smallest absolute Gasteiger partial charge is 0.406 e. The average Bonchev–Trinajstić information content (AvgIpc) is 2.76. The number of halogens is 3. The Labute approximate surface area is 176 Å². The summed E-state index contributed by atoms with van der Waals surface area (Å²) in [5.74, 6) is 0.594. The maximum atomic E-state index is 12.3. The fraction of sp³-hybridized carbons (Fsp3) is 0.238. The first-order valence-electron chi connectivity index (χ1n) is 9.60. The molecule has 10 heteroatoms. The van der Waals surface area contributed by atoms with Crippen LogP contribution in [-0.4, -0.2) is 42.6 Å². The van der Waals surface area contributed by atoms with Gasteiger partial charge in [0.1, 0.15) is 11.6 Å². The van der Waals surface area contributed by atoms with Gasteiger partial charge in [0.05, 0.1) is 13.2 Å². The van der Waals surface area contributed by atoms with E-state index in [1.54, 1.807) is 12.3 Å². The fourth-order valence-electron chi connectivity index (χ4n) is 3.08. The summed E-state index contributed by atoms with van der Waals surface area (Å²) in [7, 11) is 0. The number of nitrogens with zero attached hydrogens (tertiary/aromatic N) is 3. The van der Waals surface area contributed by atoms with Crippen molar-refractivity contribution >= 4 is 28.8 Å². The molecule has 162 valence electrons. The number of anilines is 5. The molecule has 1 aliphatic rings. The highest BCUT2D eigenvalue weighted by Gasteiger charge is 2.30. The van der Waals surface area contributed by atoms with E-state index in [9.17, 15) is 13.2 Å². The first-order chi connectivity index (χ1) is 14.9. The zero-order valence-electron chi connectivity index (χ0n) is 16.4. The monoisotopic (exact) mass is 431 g/mol. The van der Waals surface area contributed by atoms with Gasteiger partial charge in [-0.3, -0.25) is 0 Å². The van der Waals surface area contributed by atoms with Crippen molar-refractivity contribution in [2.75, 3.05) is 41.8 Å². The van der Waals surface area contributed by atoms with Crippen LogP contribution in [0.5, 0.6) is 5.75 Å². The van der Waals surface area contributed by atoms with E-state index in [4.69, 9.17) is 4.74 Å². The van der Waals surface area contributed by atoms with Crippen LogP contribution in [0.15, 0.2) is 60.8 Å². The maximum absolute atomic E-state index is 12.3. The van der Waals surface area contributed by atoms with E-state index in [2.05, 4.69) is 30.2 Å². The molecule has 1 saturated heterocycles. The third-order valence-corrected chi connectivity index (χ3v) is 4.52. The molecule has 0 amide bonds. The number of nitrogens with one attached hydrogen (secondary N) is 2. The molecule has 0 radical (unpaired) electrons. The molecule has 0 atom stereocenters. The summed E-state index contributed by atoms with van der Waals surface area (Å²) in [5, 5.41) is 6.17. The molecule has 1 aliphatic heterocycles. The van der Waals surface area contributed by atoms with Crippen molar-refractivity contribution in [2.45, 2.75) is 6.36 Å². The first-order valence-corrected chi connectivity index (χ1v) is 9.60. The topological polar surface area (TPSA) is 71.5 Å². The van der Waals surface area contributed by atoms with E-state index in [1.165, 1.54) is 24.3 Å². The van der Waals surface area contributed by atoms with Crippen LogP contribution in [0.3, 0.4) is 0 Å². The normalized spacial score (nSPS) is 14.2. The molecule has 0 spiro atoms. The van der Waals surface area contributed by atoms with Gasteiger partial charge in [0, 0.05) is 36.3 Å². The molecule has 1 fully saturated rings. The molecule has 4 rings (SSSR count). The lowest BCUT2D eigenvalue weighted by Gasteiger charge is -2.28. The number of rotatable bonds is 6. The zero-order valence-corrected chi connectivity index (χ0v) is 16.4. The van der Waals surface area contributed by atoms with Crippen molar-refractivity contribution in [2.24, 2.45) is 0 Å². The van der Waals surface area contributed by atoms with Gasteiger partial charge in [0.2, 0.25) is 5.95 Å². The van der Waals surface area contributed by atoms with Crippen LogP contribution < -0.4 is 20.3 Å². The third-order valence-electron chi connectivity index (χ3n) is 4.52. The minimum atomic E-state index is -4.72. The second kappa shape index (κ2) is 9.09. The Kier molecular flexibility index (Phi) is 6.08. The van der Waals surface area contributed by atoms with Gasteiger partial charge in [-0.15, -0.1) is 13.2 Å². The Morgan fingerprint density at radius 2 is 1.52 bits per heavy atom. The van der Waals surface area contributed by atoms with Crippen LogP contribution in [0.4, 0.5) is 42.0 Å². The maximum Gasteiger partial charge on any atom is 0.573 e. The second-order valence-corrected chi connectivity index (χ2v) is 6.73. The van der Waals surface area contributed by atoms with Gasteiger partial charge >= 0.3 is 6.36 Å². The lowest BCUT2D eigenvalue weighted by atomic mass is 10.2. The fourth-order valence-corrected chi connectivity index (χ4v) is 3.08. The Morgan fingerprint density at radius 3 is 2.19 bits per heavy atom. The molecular formula is C21H20F3N5O2. The molecule has 2 aromatic carbocycles. The van der Waals surface area contributed by atoms with E-state index in [1.807, 2.05) is 24.3 Å². The van der Waals surface area contributed by atoms with Crippen LogP contribution in [0, 0.1) is 0 Å². The Bertz CT molecular complexity index is 991. The van der Waals surface area contributed by atoms with Gasteiger partial charge < -0.3 is 25.0 Å². The summed E-state index contributed by atoms with van der Waals surface area (Å²) in [4.78, 5) is 10.9. The van der Waals surface area contributed by atoms with E-state index in [0.29, 0.717) is 17.5 Å². The van der Waals surface area contributed by atoms with Crippen molar-refractivity contribution in [3.05, 3.63) is 60.8 Å². The standard InChI is InChI=1S/C21H20F3N5O2/c22-21(23,24)31-18-7-3-15(4-8-18)26-19-9-10-25-20(28-19)27-16-1-5-17(6-2-16)29-11-13-30-14-12-29/h1-10H,11-14H2,(H2,25,26,27,28). The van der Waals surface area contributed by atoms with Gasteiger partial charge in [-0.05, 0) is 54.6 Å². The van der Waals surface area contributed by atoms with Gasteiger partial charge in [0.25, 0.3) is 0 Å². The van der Waals surface area contributed by atoms with Crippen molar-refractivity contribution in [1.29, 1.82) is 0 Å². The number of alkyl halides is 3. The van der Waals surface area contributed by atoms with E-state index in [0.717, 1.165) is 37.7 Å². The Balaban J connectivity index is 1.38. The number of morpholine rings is 1. The minimum absolute atomic E-state index is 0.288. The van der Waals surface area contributed by atoms with Crippen molar-refractivity contribution < 1.29 is 22.6 Å². The third kappa shape index (κ3) is 5.98. The SMILES string of the molecule is FC(F)(F)Oc1ccc(Nc2ccnc(Nc3ccc(N4CCOCC4)cc3)n2)cc1. The summed E-state index contributed by atoms with van der Waals surface area (Å²) < 4.78 is 46.0. The van der Waals surface area contributed by atoms with Crippen LogP contribution in [-0.2, 0) is 4.74 Å². The van der Waals surface area contributed by atoms with Crippen molar-refractivity contribution in [3.8, 4) is 5.75 Å². The number of aromatic nitrogens is 2. The molecule has 3 aromatic rings. The number of ether oxygens (including phenoxy) is 2. The first kappa shape index (κ1) is 20.7. The van der Waals surface area contributed by atoms with Gasteiger partial charge in [-0.25, -0.2) is 4.98 Å². The Hall–Kier alpha value is -3.53. The quantitative estimate of drug-likeness (QED) is 0.586. The van der Waals surface area contributed by atoms with E-state index < -0.39 is 6.36 Å². The number of benzene rings is 2. The summed E-state index contributed by atoms with van der Waals surface area (Å²) in [6.45, 7) is 3.19. The molecule has 1 aromatic heterocycles. The summed E-state index contributed by atoms with van der Waals surface area (Å²) in [6.07, 6.45) is -3.14. The second-order valence-electron chi connectivity index (χ2n) is 6.73. The Morgan fingerprint density at radius 1 is 0.871 bits per heavy atom. The molecule has 0 aliphatic carbocycles. The van der Waals surface area contributed by atoms with Crippen LogP contribution in [0.25, 0.3) is 0 Å². The molecule has 31 heavy (non-hydrogen) atoms. The zero-order chi connectivity index (χ0) is 21.7. The highest BCUT2D eigenvalue weighted by atomic mass is 19.4. The summed E-state index contributed by atoms with van der Waals surface area (Å²) in [5.41, 5.74) is 2.53. The van der Waals surface area contributed by atoms with Crippen LogP contribution in [0.2, 0.25) is 0 Å². The largest absolute Gasteiger partial charge is 0.573 e. The van der Waals surface area contributed by atoms with Crippen LogP contribution in [0.1, 0.15) is 0 Å². The summed E-state index contributed by atoms with van der Waals surface area (Å²) in [6, 6.07) is 15.0. The molecule has 7 nitrogen and oxygen atoms in total. The lowest BCUT2D eigenvalue weighted by Crippen LogP contribution is -2.36. The van der Waals surface area contributed by atoms with Crippen molar-refractivity contribution in [1.82, 2.24) is 9.97 Å².